The molecule has 0 unspecified atom stereocenters. The molecule has 8 nitrogen and oxygen atoms in total. The van der Waals surface area contributed by atoms with Crippen molar-refractivity contribution in [2.45, 2.75) is 27.7 Å². The molecule has 33 heavy (non-hydrogen) atoms. The first-order valence-corrected chi connectivity index (χ1v) is 10.5. The highest BCUT2D eigenvalue weighted by molar-refractivity contribution is 5.99. The lowest BCUT2D eigenvalue weighted by Gasteiger charge is -2.08. The molecule has 4 rings (SSSR count). The maximum absolute atomic E-state index is 12.7. The number of aryl methyl sites for hydroxylation is 3. The second kappa shape index (κ2) is 9.12. The molecular formula is C25H24N4O4. The molecule has 0 saturated carbocycles. The molecule has 2 aromatic heterocycles. The molecule has 0 aliphatic heterocycles. The van der Waals surface area contributed by atoms with Gasteiger partial charge >= 0.3 is 5.97 Å². The maximum Gasteiger partial charge on any atom is 0.344 e. The van der Waals surface area contributed by atoms with Crippen LogP contribution in [0.5, 0.6) is 0 Å². The molecule has 0 spiro atoms. The first kappa shape index (κ1) is 22.0. The fraction of sp³-hybridized carbons (Fsp3) is 0.200. The molecule has 4 aromatic rings. The smallest absolute Gasteiger partial charge is 0.344 e. The van der Waals surface area contributed by atoms with Gasteiger partial charge in [0.05, 0.1) is 22.8 Å². The molecule has 0 bridgehead atoms. The number of carbonyl (C=O) groups excluding carboxylic acids is 2. The molecule has 2 heterocycles. The quantitative estimate of drug-likeness (QED) is 0.438. The largest absolute Gasteiger partial charge is 0.452 e. The summed E-state index contributed by atoms with van der Waals surface area (Å²) in [7, 11) is 0. The van der Waals surface area contributed by atoms with Crippen molar-refractivity contribution in [2.75, 3.05) is 11.9 Å². The van der Waals surface area contributed by atoms with Gasteiger partial charge in [0, 0.05) is 5.56 Å². The third-order valence-electron chi connectivity index (χ3n) is 5.28. The number of nitrogens with one attached hydrogen (secondary N) is 1. The van der Waals surface area contributed by atoms with E-state index >= 15 is 0 Å². The minimum Gasteiger partial charge on any atom is -0.452 e. The highest BCUT2D eigenvalue weighted by atomic mass is 16.5. The van der Waals surface area contributed by atoms with Crippen LogP contribution in [-0.2, 0) is 9.53 Å². The van der Waals surface area contributed by atoms with Gasteiger partial charge in [0.1, 0.15) is 17.0 Å². The summed E-state index contributed by atoms with van der Waals surface area (Å²) >= 11 is 0. The van der Waals surface area contributed by atoms with Crippen LogP contribution < -0.4 is 5.32 Å². The number of nitrogens with zero attached hydrogens (tertiary/aromatic N) is 3. The first-order chi connectivity index (χ1) is 15.8. The van der Waals surface area contributed by atoms with Crippen LogP contribution in [0, 0.1) is 27.7 Å². The van der Waals surface area contributed by atoms with Crippen molar-refractivity contribution in [3.63, 3.8) is 0 Å². The van der Waals surface area contributed by atoms with Crippen molar-refractivity contribution < 1.29 is 18.8 Å². The lowest BCUT2D eigenvalue weighted by atomic mass is 10.1. The maximum atomic E-state index is 12.7. The molecule has 0 saturated heterocycles. The summed E-state index contributed by atoms with van der Waals surface area (Å²) in [6.45, 7) is 6.87. The second-order valence-electron chi connectivity index (χ2n) is 7.75. The number of hydrogen-bond acceptors (Lipinski definition) is 6. The standard InChI is InChI=1S/C25H24N4O4/c1-15-10-12-20(13-11-15)29-17(3)23(16(2)27-29)26-21(30)14-32-25(31)22-18(4)33-28-24(22)19-8-6-5-7-9-19/h5-13H,14H2,1-4H3,(H,26,30). The van der Waals surface area contributed by atoms with Gasteiger partial charge in [0.15, 0.2) is 6.61 Å². The lowest BCUT2D eigenvalue weighted by molar-refractivity contribution is -0.119. The number of esters is 1. The normalized spacial score (nSPS) is 10.8. The first-order valence-electron chi connectivity index (χ1n) is 10.5. The van der Waals surface area contributed by atoms with Gasteiger partial charge in [-0.3, -0.25) is 4.79 Å². The predicted molar refractivity (Wildman–Crippen MR) is 123 cm³/mol. The molecule has 0 fully saturated rings. The van der Waals surface area contributed by atoms with Crippen molar-refractivity contribution in [2.24, 2.45) is 0 Å². The zero-order valence-corrected chi connectivity index (χ0v) is 18.9. The van der Waals surface area contributed by atoms with E-state index in [9.17, 15) is 9.59 Å². The second-order valence-corrected chi connectivity index (χ2v) is 7.75. The topological polar surface area (TPSA) is 99.2 Å². The van der Waals surface area contributed by atoms with E-state index in [4.69, 9.17) is 9.26 Å². The van der Waals surface area contributed by atoms with Gasteiger partial charge < -0.3 is 14.6 Å². The Labute approximate surface area is 191 Å². The third-order valence-corrected chi connectivity index (χ3v) is 5.28. The Morgan fingerprint density at radius 1 is 1.00 bits per heavy atom. The van der Waals surface area contributed by atoms with Gasteiger partial charge in [-0.05, 0) is 39.8 Å². The van der Waals surface area contributed by atoms with E-state index in [-0.39, 0.29) is 5.56 Å². The predicted octanol–water partition coefficient (Wildman–Crippen LogP) is 4.56. The van der Waals surface area contributed by atoms with Crippen molar-refractivity contribution >= 4 is 17.6 Å². The molecule has 168 valence electrons. The number of aromatic nitrogens is 3. The summed E-state index contributed by atoms with van der Waals surface area (Å²) in [5.41, 5.74) is 5.37. The Bertz CT molecular complexity index is 1300. The molecule has 0 aliphatic rings. The van der Waals surface area contributed by atoms with Crippen LogP contribution in [0.4, 0.5) is 5.69 Å². The molecule has 0 aliphatic carbocycles. The van der Waals surface area contributed by atoms with E-state index in [0.717, 1.165) is 22.5 Å². The zero-order chi connectivity index (χ0) is 23.5. The van der Waals surface area contributed by atoms with Gasteiger partial charge in [0.25, 0.3) is 5.91 Å². The molecule has 1 N–H and O–H groups in total. The summed E-state index contributed by atoms with van der Waals surface area (Å²) in [6, 6.07) is 17.1. The Morgan fingerprint density at radius 2 is 1.70 bits per heavy atom. The summed E-state index contributed by atoms with van der Waals surface area (Å²) < 4.78 is 12.2. The highest BCUT2D eigenvalue weighted by Crippen LogP contribution is 2.26. The number of hydrogen-bond donors (Lipinski definition) is 1. The van der Waals surface area contributed by atoms with Crippen LogP contribution in [0.25, 0.3) is 16.9 Å². The van der Waals surface area contributed by atoms with E-state index in [2.05, 4.69) is 15.6 Å². The van der Waals surface area contributed by atoms with E-state index < -0.39 is 18.5 Å². The fourth-order valence-corrected chi connectivity index (χ4v) is 3.55. The van der Waals surface area contributed by atoms with Crippen LogP contribution >= 0.6 is 0 Å². The molecule has 1 amide bonds. The summed E-state index contributed by atoms with van der Waals surface area (Å²) in [4.78, 5) is 25.3. The van der Waals surface area contributed by atoms with Gasteiger partial charge in [-0.15, -0.1) is 0 Å². The highest BCUT2D eigenvalue weighted by Gasteiger charge is 2.24. The molecule has 0 radical (unpaired) electrons. The summed E-state index contributed by atoms with van der Waals surface area (Å²) in [5.74, 6) is -0.815. The van der Waals surface area contributed by atoms with Crippen LogP contribution in [0.2, 0.25) is 0 Å². The fourth-order valence-electron chi connectivity index (χ4n) is 3.55. The number of ether oxygens (including phenoxy) is 1. The molecule has 0 atom stereocenters. The number of rotatable bonds is 6. The van der Waals surface area contributed by atoms with Crippen molar-refractivity contribution in [3.8, 4) is 16.9 Å². The van der Waals surface area contributed by atoms with E-state index in [0.29, 0.717) is 22.8 Å². The lowest BCUT2D eigenvalue weighted by Crippen LogP contribution is -2.22. The van der Waals surface area contributed by atoms with E-state index in [1.807, 2.05) is 75.4 Å². The Kier molecular flexibility index (Phi) is 6.08. The van der Waals surface area contributed by atoms with Crippen LogP contribution in [0.15, 0.2) is 59.1 Å². The Hall–Kier alpha value is -4.20. The number of amides is 1. The summed E-state index contributed by atoms with van der Waals surface area (Å²) in [5, 5.41) is 11.3. The van der Waals surface area contributed by atoms with Gasteiger partial charge in [-0.2, -0.15) is 5.10 Å². The van der Waals surface area contributed by atoms with Crippen LogP contribution in [-0.4, -0.2) is 33.4 Å². The molecule has 2 aromatic carbocycles. The average Bonchev–Trinajstić information content (AvgIpc) is 3.33. The number of carbonyl (C=O) groups is 2. The van der Waals surface area contributed by atoms with E-state index in [1.54, 1.807) is 11.6 Å². The average molecular weight is 444 g/mol. The van der Waals surface area contributed by atoms with Crippen LogP contribution in [0.1, 0.15) is 33.1 Å². The minimum atomic E-state index is -0.674. The van der Waals surface area contributed by atoms with Crippen molar-refractivity contribution in [1.29, 1.82) is 0 Å². The van der Waals surface area contributed by atoms with Gasteiger partial charge in [-0.1, -0.05) is 53.2 Å². The van der Waals surface area contributed by atoms with Crippen molar-refractivity contribution in [3.05, 3.63) is 82.9 Å². The van der Waals surface area contributed by atoms with Gasteiger partial charge in [-0.25, -0.2) is 9.48 Å². The SMILES string of the molecule is Cc1ccc(-n2nc(C)c(NC(=O)COC(=O)c3c(-c4ccccc4)noc3C)c2C)cc1. The minimum absolute atomic E-state index is 0.202. The number of benzene rings is 2. The molecular weight excluding hydrogens is 420 g/mol. The monoisotopic (exact) mass is 444 g/mol. The Balaban J connectivity index is 1.45. The van der Waals surface area contributed by atoms with E-state index in [1.165, 1.54) is 0 Å². The van der Waals surface area contributed by atoms with Crippen molar-refractivity contribution in [1.82, 2.24) is 14.9 Å². The van der Waals surface area contributed by atoms with Crippen LogP contribution in [0.3, 0.4) is 0 Å². The summed E-state index contributed by atoms with van der Waals surface area (Å²) in [6.07, 6.45) is 0. The third kappa shape index (κ3) is 4.55. The number of anilines is 1. The Morgan fingerprint density at radius 3 is 2.39 bits per heavy atom. The zero-order valence-electron chi connectivity index (χ0n) is 18.9. The molecule has 8 heteroatoms. The van der Waals surface area contributed by atoms with Gasteiger partial charge in [0.2, 0.25) is 0 Å².